The Morgan fingerprint density at radius 3 is 3.05 bits per heavy atom. The molecule has 1 N–H and O–H groups in total. The van der Waals surface area contributed by atoms with Gasteiger partial charge >= 0.3 is 0 Å². The molecule has 0 saturated carbocycles. The van der Waals surface area contributed by atoms with Gasteiger partial charge in [0.2, 0.25) is 0 Å². The summed E-state index contributed by atoms with van der Waals surface area (Å²) in [5.41, 5.74) is 3.62. The van der Waals surface area contributed by atoms with Crippen LogP contribution in [0.5, 0.6) is 0 Å². The van der Waals surface area contributed by atoms with E-state index in [4.69, 9.17) is 0 Å². The Balaban J connectivity index is 1.95. The standard InChI is InChI=1S/C16H21N3/c1-12-9-14(11-19-8-7-17-10-13(19)2)15-5-3-4-6-16(15)18-12/h3-6,9,13,17H,7-8,10-11H2,1-2H3. The molecular weight excluding hydrogens is 234 g/mol. The molecule has 3 nitrogen and oxygen atoms in total. The lowest BCUT2D eigenvalue weighted by Gasteiger charge is -2.34. The van der Waals surface area contributed by atoms with Gasteiger partial charge in [-0.15, -0.1) is 0 Å². The van der Waals surface area contributed by atoms with E-state index in [1.165, 1.54) is 10.9 Å². The first-order chi connectivity index (χ1) is 9.24. The molecule has 1 saturated heterocycles. The number of para-hydroxylation sites is 1. The average Bonchev–Trinajstić information content (AvgIpc) is 2.41. The SMILES string of the molecule is Cc1cc(CN2CCNCC2C)c2ccccc2n1. The third-order valence-corrected chi connectivity index (χ3v) is 3.94. The molecule has 19 heavy (non-hydrogen) atoms. The van der Waals surface area contributed by atoms with Gasteiger partial charge in [0.05, 0.1) is 5.52 Å². The number of hydrogen-bond acceptors (Lipinski definition) is 3. The third-order valence-electron chi connectivity index (χ3n) is 3.94. The van der Waals surface area contributed by atoms with Gasteiger partial charge in [0, 0.05) is 43.3 Å². The van der Waals surface area contributed by atoms with E-state index in [2.05, 4.69) is 59.4 Å². The maximum absolute atomic E-state index is 4.62. The Labute approximate surface area is 114 Å². The summed E-state index contributed by atoms with van der Waals surface area (Å²) in [5.74, 6) is 0. The summed E-state index contributed by atoms with van der Waals surface area (Å²) >= 11 is 0. The van der Waals surface area contributed by atoms with Gasteiger partial charge in [0.15, 0.2) is 0 Å². The predicted octanol–water partition coefficient (Wildman–Crippen LogP) is 2.34. The van der Waals surface area contributed by atoms with E-state index in [0.29, 0.717) is 6.04 Å². The van der Waals surface area contributed by atoms with E-state index >= 15 is 0 Å². The summed E-state index contributed by atoms with van der Waals surface area (Å²) in [6, 6.07) is 11.3. The second-order valence-corrected chi connectivity index (χ2v) is 5.46. The van der Waals surface area contributed by atoms with E-state index in [9.17, 15) is 0 Å². The highest BCUT2D eigenvalue weighted by Gasteiger charge is 2.18. The van der Waals surface area contributed by atoms with Crippen LogP contribution in [0.2, 0.25) is 0 Å². The molecule has 3 heteroatoms. The molecule has 2 aromatic rings. The lowest BCUT2D eigenvalue weighted by atomic mass is 10.1. The maximum atomic E-state index is 4.62. The molecular formula is C16H21N3. The molecule has 1 aliphatic heterocycles. The molecule has 1 unspecified atom stereocenters. The molecule has 1 atom stereocenters. The zero-order valence-electron chi connectivity index (χ0n) is 11.7. The number of hydrogen-bond donors (Lipinski definition) is 1. The molecule has 0 aliphatic carbocycles. The Kier molecular flexibility index (Phi) is 3.49. The number of rotatable bonds is 2. The highest BCUT2D eigenvalue weighted by molar-refractivity contribution is 5.82. The van der Waals surface area contributed by atoms with Crippen LogP contribution in [0, 0.1) is 6.92 Å². The van der Waals surface area contributed by atoms with Crippen LogP contribution >= 0.6 is 0 Å². The fourth-order valence-corrected chi connectivity index (χ4v) is 2.86. The number of fused-ring (bicyclic) bond motifs is 1. The summed E-state index contributed by atoms with van der Waals surface area (Å²) in [6.45, 7) is 8.69. The Morgan fingerprint density at radius 2 is 2.21 bits per heavy atom. The van der Waals surface area contributed by atoms with Gasteiger partial charge in [0.25, 0.3) is 0 Å². The van der Waals surface area contributed by atoms with Crippen molar-refractivity contribution in [3.63, 3.8) is 0 Å². The summed E-state index contributed by atoms with van der Waals surface area (Å²) in [5, 5.41) is 4.74. The van der Waals surface area contributed by atoms with E-state index in [0.717, 1.165) is 37.4 Å². The number of aromatic nitrogens is 1. The van der Waals surface area contributed by atoms with E-state index in [1.54, 1.807) is 0 Å². The monoisotopic (exact) mass is 255 g/mol. The lowest BCUT2D eigenvalue weighted by Crippen LogP contribution is -2.49. The van der Waals surface area contributed by atoms with Gasteiger partial charge in [-0.2, -0.15) is 0 Å². The maximum Gasteiger partial charge on any atom is 0.0708 e. The number of pyridine rings is 1. The normalized spacial score (nSPS) is 20.8. The first-order valence-electron chi connectivity index (χ1n) is 7.04. The van der Waals surface area contributed by atoms with Crippen LogP contribution in [0.25, 0.3) is 10.9 Å². The summed E-state index contributed by atoms with van der Waals surface area (Å²) in [6.07, 6.45) is 0. The topological polar surface area (TPSA) is 28.2 Å². The molecule has 1 aromatic heterocycles. The Morgan fingerprint density at radius 1 is 1.37 bits per heavy atom. The quantitative estimate of drug-likeness (QED) is 0.892. The lowest BCUT2D eigenvalue weighted by molar-refractivity contribution is 0.166. The molecule has 1 aromatic carbocycles. The van der Waals surface area contributed by atoms with Crippen molar-refractivity contribution in [2.75, 3.05) is 19.6 Å². The first kappa shape index (κ1) is 12.6. The van der Waals surface area contributed by atoms with E-state index < -0.39 is 0 Å². The van der Waals surface area contributed by atoms with Crippen LogP contribution in [-0.4, -0.2) is 35.6 Å². The fourth-order valence-electron chi connectivity index (χ4n) is 2.86. The zero-order chi connectivity index (χ0) is 13.2. The summed E-state index contributed by atoms with van der Waals surface area (Å²) in [7, 11) is 0. The highest BCUT2D eigenvalue weighted by Crippen LogP contribution is 2.21. The van der Waals surface area contributed by atoms with Gasteiger partial charge in [0.1, 0.15) is 0 Å². The third kappa shape index (κ3) is 2.62. The van der Waals surface area contributed by atoms with Crippen LogP contribution in [0.3, 0.4) is 0 Å². The van der Waals surface area contributed by atoms with Gasteiger partial charge in [-0.1, -0.05) is 18.2 Å². The molecule has 1 aliphatic rings. The number of nitrogens with one attached hydrogen (secondary N) is 1. The van der Waals surface area contributed by atoms with Gasteiger partial charge in [-0.25, -0.2) is 0 Å². The molecule has 0 amide bonds. The van der Waals surface area contributed by atoms with Crippen molar-refractivity contribution < 1.29 is 0 Å². The molecule has 0 bridgehead atoms. The highest BCUT2D eigenvalue weighted by atomic mass is 15.2. The molecule has 0 radical (unpaired) electrons. The molecule has 0 spiro atoms. The summed E-state index contributed by atoms with van der Waals surface area (Å²) in [4.78, 5) is 7.17. The van der Waals surface area contributed by atoms with Gasteiger partial charge in [-0.05, 0) is 31.5 Å². The Bertz CT molecular complexity index is 579. The minimum atomic E-state index is 0.598. The predicted molar refractivity (Wildman–Crippen MR) is 79.2 cm³/mol. The van der Waals surface area contributed by atoms with Crippen LogP contribution in [-0.2, 0) is 6.54 Å². The van der Waals surface area contributed by atoms with Crippen molar-refractivity contribution in [1.29, 1.82) is 0 Å². The zero-order valence-corrected chi connectivity index (χ0v) is 11.7. The van der Waals surface area contributed by atoms with Crippen LogP contribution in [0.15, 0.2) is 30.3 Å². The first-order valence-corrected chi connectivity index (χ1v) is 7.04. The number of nitrogens with zero attached hydrogens (tertiary/aromatic N) is 2. The largest absolute Gasteiger partial charge is 0.314 e. The molecule has 1 fully saturated rings. The molecule has 2 heterocycles. The average molecular weight is 255 g/mol. The van der Waals surface area contributed by atoms with Crippen molar-refractivity contribution in [1.82, 2.24) is 15.2 Å². The van der Waals surface area contributed by atoms with Crippen LogP contribution in [0.1, 0.15) is 18.2 Å². The number of benzene rings is 1. The molecule has 3 rings (SSSR count). The van der Waals surface area contributed by atoms with Crippen molar-refractivity contribution in [3.05, 3.63) is 41.6 Å². The number of piperazine rings is 1. The second kappa shape index (κ2) is 5.27. The second-order valence-electron chi connectivity index (χ2n) is 5.46. The Hall–Kier alpha value is -1.45. The minimum absolute atomic E-state index is 0.598. The van der Waals surface area contributed by atoms with Crippen LogP contribution in [0.4, 0.5) is 0 Å². The van der Waals surface area contributed by atoms with Crippen molar-refractivity contribution in [3.8, 4) is 0 Å². The van der Waals surface area contributed by atoms with Crippen molar-refractivity contribution in [2.24, 2.45) is 0 Å². The van der Waals surface area contributed by atoms with E-state index in [1.807, 2.05) is 0 Å². The van der Waals surface area contributed by atoms with E-state index in [-0.39, 0.29) is 0 Å². The van der Waals surface area contributed by atoms with Crippen molar-refractivity contribution in [2.45, 2.75) is 26.4 Å². The fraction of sp³-hybridized carbons (Fsp3) is 0.438. The number of aryl methyl sites for hydroxylation is 1. The molecule has 100 valence electrons. The minimum Gasteiger partial charge on any atom is -0.314 e. The summed E-state index contributed by atoms with van der Waals surface area (Å²) < 4.78 is 0. The van der Waals surface area contributed by atoms with Gasteiger partial charge in [-0.3, -0.25) is 9.88 Å². The van der Waals surface area contributed by atoms with Crippen molar-refractivity contribution >= 4 is 10.9 Å². The smallest absolute Gasteiger partial charge is 0.0708 e. The van der Waals surface area contributed by atoms with Gasteiger partial charge < -0.3 is 5.32 Å². The van der Waals surface area contributed by atoms with Crippen LogP contribution < -0.4 is 5.32 Å².